The minimum Gasteiger partial charge on any atom is -0.341 e. The third kappa shape index (κ3) is 2.78. The lowest BCUT2D eigenvalue weighted by molar-refractivity contribution is 0.0898. The normalized spacial score (nSPS) is 25.3. The lowest BCUT2D eigenvalue weighted by Crippen LogP contribution is -2.49. The minimum absolute atomic E-state index is 0.721. The predicted octanol–water partition coefficient (Wildman–Crippen LogP) is 2.52. The Morgan fingerprint density at radius 3 is 2.76 bits per heavy atom. The second-order valence-corrected chi connectivity index (χ2v) is 6.32. The van der Waals surface area contributed by atoms with Crippen LogP contribution in [0.1, 0.15) is 44.9 Å². The molecule has 0 radical (unpaired) electrons. The molecule has 3 rings (SSSR count). The highest BCUT2D eigenvalue weighted by atomic mass is 15.2. The molecule has 116 valence electrons. The van der Waals surface area contributed by atoms with Crippen molar-refractivity contribution in [2.75, 3.05) is 31.1 Å². The predicted molar refractivity (Wildman–Crippen MR) is 86.8 cm³/mol. The number of nitrogens with zero attached hydrogens (tertiary/aromatic N) is 4. The van der Waals surface area contributed by atoms with Crippen LogP contribution in [-0.2, 0) is 12.8 Å². The number of fused-ring (bicyclic) bond motifs is 2. The summed E-state index contributed by atoms with van der Waals surface area (Å²) >= 11 is 0. The van der Waals surface area contributed by atoms with Crippen molar-refractivity contribution in [3.63, 3.8) is 0 Å². The number of aromatic nitrogens is 2. The van der Waals surface area contributed by atoms with Crippen LogP contribution in [0.15, 0.2) is 6.20 Å². The summed E-state index contributed by atoms with van der Waals surface area (Å²) < 4.78 is 0. The molecule has 1 aliphatic carbocycles. The fourth-order valence-electron chi connectivity index (χ4n) is 4.05. The third-order valence-corrected chi connectivity index (χ3v) is 5.31. The molecule has 21 heavy (non-hydrogen) atoms. The summed E-state index contributed by atoms with van der Waals surface area (Å²) in [6.07, 6.45) is 7.10. The highest BCUT2D eigenvalue weighted by Gasteiger charge is 2.35. The Kier molecular flexibility index (Phi) is 4.43. The molecule has 1 aromatic heterocycles. The van der Waals surface area contributed by atoms with E-state index in [2.05, 4.69) is 41.8 Å². The van der Waals surface area contributed by atoms with Gasteiger partial charge >= 0.3 is 0 Å². The van der Waals surface area contributed by atoms with Crippen LogP contribution in [0.25, 0.3) is 0 Å². The molecule has 0 unspecified atom stereocenters. The average Bonchev–Trinajstić information content (AvgIpc) is 2.53. The van der Waals surface area contributed by atoms with Crippen molar-refractivity contribution in [2.24, 2.45) is 5.92 Å². The Morgan fingerprint density at radius 1 is 1.24 bits per heavy atom. The number of rotatable bonds is 4. The first-order valence-electron chi connectivity index (χ1n) is 8.60. The van der Waals surface area contributed by atoms with Gasteiger partial charge in [0.2, 0.25) is 5.95 Å². The van der Waals surface area contributed by atoms with E-state index in [1.54, 1.807) is 0 Å². The summed E-state index contributed by atoms with van der Waals surface area (Å²) in [5.41, 5.74) is 2.69. The largest absolute Gasteiger partial charge is 0.341 e. The van der Waals surface area contributed by atoms with Crippen LogP contribution >= 0.6 is 0 Å². The standard InChI is InChI=1S/C17H28N4/c1-4-20(5-2)17-18-12-14-11-16-13(10-15(14)19-17)8-7-9-21(16)6-3/h12-13,16H,4-11H2,1-3H3/t13-,16-/m1/s1. The molecule has 1 aliphatic heterocycles. The van der Waals surface area contributed by atoms with Crippen LogP contribution in [0.4, 0.5) is 5.95 Å². The number of hydrogen-bond acceptors (Lipinski definition) is 4. The van der Waals surface area contributed by atoms with Crippen LogP contribution in [-0.4, -0.2) is 47.1 Å². The summed E-state index contributed by atoms with van der Waals surface area (Å²) in [7, 11) is 0. The zero-order valence-corrected chi connectivity index (χ0v) is 13.7. The van der Waals surface area contributed by atoms with E-state index in [0.717, 1.165) is 43.8 Å². The maximum atomic E-state index is 4.89. The fraction of sp³-hybridized carbons (Fsp3) is 0.765. The van der Waals surface area contributed by atoms with E-state index < -0.39 is 0 Å². The third-order valence-electron chi connectivity index (χ3n) is 5.31. The van der Waals surface area contributed by atoms with Gasteiger partial charge in [0.25, 0.3) is 0 Å². The van der Waals surface area contributed by atoms with Crippen molar-refractivity contribution in [1.82, 2.24) is 14.9 Å². The summed E-state index contributed by atoms with van der Waals surface area (Å²) in [6, 6.07) is 0.721. The molecular formula is C17H28N4. The molecule has 0 saturated carbocycles. The van der Waals surface area contributed by atoms with Crippen molar-refractivity contribution in [2.45, 2.75) is 52.5 Å². The first-order chi connectivity index (χ1) is 10.3. The van der Waals surface area contributed by atoms with Gasteiger partial charge in [-0.1, -0.05) is 6.92 Å². The first-order valence-corrected chi connectivity index (χ1v) is 8.60. The lowest BCUT2D eigenvalue weighted by Gasteiger charge is -2.44. The molecule has 1 fully saturated rings. The average molecular weight is 288 g/mol. The SMILES string of the molecule is CCN(CC)c1ncc2c(n1)C[C@H]1CCCN(CC)[C@@H]1C2. The molecule has 2 aliphatic rings. The van der Waals surface area contributed by atoms with Gasteiger partial charge in [-0.15, -0.1) is 0 Å². The van der Waals surface area contributed by atoms with E-state index in [-0.39, 0.29) is 0 Å². The molecule has 0 bridgehead atoms. The summed E-state index contributed by atoms with van der Waals surface area (Å²) in [6.45, 7) is 11.0. The highest BCUT2D eigenvalue weighted by Crippen LogP contribution is 2.34. The van der Waals surface area contributed by atoms with Gasteiger partial charge in [0, 0.05) is 31.0 Å². The zero-order valence-electron chi connectivity index (χ0n) is 13.7. The molecule has 0 aromatic carbocycles. The molecule has 2 atom stereocenters. The Bertz CT molecular complexity index is 484. The molecule has 4 heteroatoms. The van der Waals surface area contributed by atoms with Crippen molar-refractivity contribution in [1.29, 1.82) is 0 Å². The maximum absolute atomic E-state index is 4.89. The molecule has 4 nitrogen and oxygen atoms in total. The van der Waals surface area contributed by atoms with E-state index in [4.69, 9.17) is 4.98 Å². The second-order valence-electron chi connectivity index (χ2n) is 6.32. The molecule has 1 aromatic rings. The fourth-order valence-corrected chi connectivity index (χ4v) is 4.05. The number of likely N-dealkylation sites (N-methyl/N-ethyl adjacent to an activating group) is 1. The molecular weight excluding hydrogens is 260 g/mol. The van der Waals surface area contributed by atoms with E-state index in [1.165, 1.54) is 37.2 Å². The van der Waals surface area contributed by atoms with Gasteiger partial charge < -0.3 is 9.80 Å². The van der Waals surface area contributed by atoms with Crippen LogP contribution in [0, 0.1) is 5.92 Å². The number of hydrogen-bond donors (Lipinski definition) is 0. The van der Waals surface area contributed by atoms with Gasteiger partial charge in [0.1, 0.15) is 0 Å². The van der Waals surface area contributed by atoms with Crippen molar-refractivity contribution < 1.29 is 0 Å². The van der Waals surface area contributed by atoms with Crippen LogP contribution < -0.4 is 4.90 Å². The summed E-state index contributed by atoms with van der Waals surface area (Å²) in [5, 5.41) is 0. The van der Waals surface area contributed by atoms with Crippen LogP contribution in [0.3, 0.4) is 0 Å². The molecule has 0 N–H and O–H groups in total. The van der Waals surface area contributed by atoms with E-state index in [1.807, 2.05) is 0 Å². The summed E-state index contributed by atoms with van der Waals surface area (Å²) in [5.74, 6) is 1.71. The number of anilines is 1. The lowest BCUT2D eigenvalue weighted by atomic mass is 9.77. The molecule has 0 amide bonds. The maximum Gasteiger partial charge on any atom is 0.225 e. The Balaban J connectivity index is 1.85. The van der Waals surface area contributed by atoms with Gasteiger partial charge in [0.15, 0.2) is 0 Å². The molecule has 1 saturated heterocycles. The Hall–Kier alpha value is -1.16. The van der Waals surface area contributed by atoms with Crippen molar-refractivity contribution in [3.05, 3.63) is 17.5 Å². The molecule has 0 spiro atoms. The smallest absolute Gasteiger partial charge is 0.225 e. The van der Waals surface area contributed by atoms with E-state index >= 15 is 0 Å². The molecule has 2 heterocycles. The number of piperidine rings is 1. The monoisotopic (exact) mass is 288 g/mol. The quantitative estimate of drug-likeness (QED) is 0.852. The van der Waals surface area contributed by atoms with E-state index in [9.17, 15) is 0 Å². The number of likely N-dealkylation sites (tertiary alicyclic amines) is 1. The van der Waals surface area contributed by atoms with Gasteiger partial charge in [-0.25, -0.2) is 9.97 Å². The van der Waals surface area contributed by atoms with Gasteiger partial charge in [-0.05, 0) is 64.1 Å². The highest BCUT2D eigenvalue weighted by molar-refractivity contribution is 5.35. The van der Waals surface area contributed by atoms with Crippen LogP contribution in [0.5, 0.6) is 0 Å². The topological polar surface area (TPSA) is 32.3 Å². The van der Waals surface area contributed by atoms with Crippen LogP contribution in [0.2, 0.25) is 0 Å². The Labute approximate surface area is 128 Å². The van der Waals surface area contributed by atoms with Gasteiger partial charge in [-0.2, -0.15) is 0 Å². The summed E-state index contributed by atoms with van der Waals surface area (Å²) in [4.78, 5) is 14.4. The second kappa shape index (κ2) is 6.30. The van der Waals surface area contributed by atoms with Gasteiger partial charge in [0.05, 0.1) is 0 Å². The van der Waals surface area contributed by atoms with Crippen molar-refractivity contribution >= 4 is 5.95 Å². The first kappa shape index (κ1) is 14.8. The Morgan fingerprint density at radius 2 is 2.05 bits per heavy atom. The van der Waals surface area contributed by atoms with E-state index in [0.29, 0.717) is 0 Å². The van der Waals surface area contributed by atoms with Gasteiger partial charge in [-0.3, -0.25) is 0 Å². The zero-order chi connectivity index (χ0) is 14.8. The minimum atomic E-state index is 0.721. The van der Waals surface area contributed by atoms with Crippen molar-refractivity contribution in [3.8, 4) is 0 Å².